The standard InChI is InChI=1S/C2H5BO2S/c1-2-3-6(4)5/h2H2,1H3. The van der Waals surface area contributed by atoms with Crippen LogP contribution in [0.5, 0.6) is 0 Å². The summed E-state index contributed by atoms with van der Waals surface area (Å²) in [6, 6.07) is 0. The van der Waals surface area contributed by atoms with Crippen molar-refractivity contribution < 1.29 is 8.42 Å². The summed E-state index contributed by atoms with van der Waals surface area (Å²) in [6.07, 6.45) is 1.80. The van der Waals surface area contributed by atoms with Gasteiger partial charge in [-0.3, -0.25) is 0 Å². The molecule has 6 heavy (non-hydrogen) atoms. The first-order valence-electron chi connectivity index (χ1n) is 1.68. The van der Waals surface area contributed by atoms with Gasteiger partial charge in [-0.05, 0) is 0 Å². The van der Waals surface area contributed by atoms with Gasteiger partial charge in [-0.25, -0.2) is 0 Å². The first-order valence-corrected chi connectivity index (χ1v) is 2.82. The number of hydrogen-bond acceptors (Lipinski definition) is 2. The minimum absolute atomic E-state index is 0.593. The van der Waals surface area contributed by atoms with Gasteiger partial charge in [-0.2, -0.15) is 0 Å². The average molecular weight is 104 g/mol. The molecule has 0 heterocycles. The van der Waals surface area contributed by atoms with E-state index in [2.05, 4.69) is 0 Å². The summed E-state index contributed by atoms with van der Waals surface area (Å²) < 4.78 is 19.1. The molecule has 0 atom stereocenters. The molecule has 0 aromatic rings. The van der Waals surface area contributed by atoms with E-state index >= 15 is 0 Å². The monoisotopic (exact) mass is 104 g/mol. The maximum atomic E-state index is 9.54. The Morgan fingerprint density at radius 3 is 2.17 bits per heavy atom. The Labute approximate surface area is 38.8 Å². The predicted octanol–water partition coefficient (Wildman–Crippen LogP) is -0.0771. The first-order chi connectivity index (χ1) is 2.77. The molecule has 0 aliphatic heterocycles. The van der Waals surface area contributed by atoms with Gasteiger partial charge in [-0.15, -0.1) is 0 Å². The van der Waals surface area contributed by atoms with Crippen molar-refractivity contribution in [1.29, 1.82) is 0 Å². The Kier molecular flexibility index (Phi) is 3.03. The summed E-state index contributed by atoms with van der Waals surface area (Å²) >= 11 is 0. The van der Waals surface area contributed by atoms with Crippen LogP contribution in [-0.4, -0.2) is 14.6 Å². The fraction of sp³-hybridized carbons (Fsp3) is 1.00. The molecule has 0 spiro atoms. The summed E-state index contributed by atoms with van der Waals surface area (Å²) in [7, 11) is -1.94. The fourth-order valence-corrected chi connectivity index (χ4v) is 0.408. The van der Waals surface area contributed by atoms with Crippen LogP contribution in [0.2, 0.25) is 6.32 Å². The molecule has 0 fully saturated rings. The molecule has 0 aromatic carbocycles. The molecule has 0 aliphatic rings. The molecule has 0 radical (unpaired) electrons. The van der Waals surface area contributed by atoms with Crippen LogP contribution in [-0.2, 0) is 10.1 Å². The van der Waals surface area contributed by atoms with Crippen LogP contribution in [0, 0.1) is 0 Å². The Bertz CT molecular complexity index is 126. The second kappa shape index (κ2) is 3.09. The van der Waals surface area contributed by atoms with E-state index in [0.29, 0.717) is 6.32 Å². The van der Waals surface area contributed by atoms with Gasteiger partial charge in [0.1, 0.15) is 0 Å². The van der Waals surface area contributed by atoms with E-state index in [4.69, 9.17) is 0 Å². The van der Waals surface area contributed by atoms with Crippen molar-refractivity contribution in [1.82, 2.24) is 0 Å². The van der Waals surface area contributed by atoms with E-state index < -0.39 is 10.1 Å². The third-order valence-electron chi connectivity index (χ3n) is 0.303. The van der Waals surface area contributed by atoms with Gasteiger partial charge in [0.25, 0.3) is 0 Å². The van der Waals surface area contributed by atoms with Crippen molar-refractivity contribution in [2.45, 2.75) is 13.2 Å². The molecule has 4 heteroatoms. The van der Waals surface area contributed by atoms with Crippen LogP contribution in [0.3, 0.4) is 0 Å². The molecule has 34 valence electrons. The van der Waals surface area contributed by atoms with Gasteiger partial charge in [0.05, 0.1) is 0 Å². The Hall–Kier alpha value is -0.115. The van der Waals surface area contributed by atoms with Gasteiger partial charge in [0, 0.05) is 0 Å². The average Bonchev–Trinajstić information content (AvgIpc) is 1.35. The maximum absolute atomic E-state index is 9.54. The molecule has 2 nitrogen and oxygen atoms in total. The molecule has 0 aromatic heterocycles. The Balaban J connectivity index is 3.78. The minimum atomic E-state index is -1.94. The molecule has 0 N–H and O–H groups in total. The number of hydrogen-bond donors (Lipinski definition) is 0. The second-order valence-electron chi connectivity index (χ2n) is 0.835. The first kappa shape index (κ1) is 5.88. The van der Waals surface area contributed by atoms with Gasteiger partial charge < -0.3 is 0 Å². The molecule has 0 aliphatic carbocycles. The topological polar surface area (TPSA) is 34.1 Å². The SMILES string of the molecule is CCB=S(=O)=O. The predicted molar refractivity (Wildman–Crippen MR) is 25.2 cm³/mol. The molecule has 0 saturated carbocycles. The van der Waals surface area contributed by atoms with Gasteiger partial charge in [0.2, 0.25) is 0 Å². The van der Waals surface area contributed by atoms with Crippen LogP contribution in [0.4, 0.5) is 0 Å². The van der Waals surface area contributed by atoms with E-state index in [1.54, 1.807) is 6.92 Å². The van der Waals surface area contributed by atoms with E-state index in [1.165, 1.54) is 6.15 Å². The zero-order valence-corrected chi connectivity index (χ0v) is 4.33. The van der Waals surface area contributed by atoms with Crippen molar-refractivity contribution >= 4 is 16.3 Å². The van der Waals surface area contributed by atoms with Crippen molar-refractivity contribution in [2.24, 2.45) is 0 Å². The van der Waals surface area contributed by atoms with E-state index in [9.17, 15) is 8.42 Å². The summed E-state index contributed by atoms with van der Waals surface area (Å²) in [4.78, 5) is 0. The van der Waals surface area contributed by atoms with E-state index in [-0.39, 0.29) is 0 Å². The van der Waals surface area contributed by atoms with Crippen LogP contribution >= 0.6 is 0 Å². The van der Waals surface area contributed by atoms with Crippen molar-refractivity contribution in [3.8, 4) is 0 Å². The second-order valence-corrected chi connectivity index (χ2v) is 1.69. The molecule has 0 amide bonds. The Morgan fingerprint density at radius 1 is 1.67 bits per heavy atom. The Morgan fingerprint density at radius 2 is 2.17 bits per heavy atom. The third-order valence-corrected chi connectivity index (χ3v) is 0.908. The van der Waals surface area contributed by atoms with Gasteiger partial charge >= 0.3 is 37.9 Å². The van der Waals surface area contributed by atoms with Gasteiger partial charge in [0.15, 0.2) is 0 Å². The molecule has 0 rings (SSSR count). The van der Waals surface area contributed by atoms with Crippen LogP contribution in [0.15, 0.2) is 0 Å². The van der Waals surface area contributed by atoms with Crippen LogP contribution in [0.1, 0.15) is 6.92 Å². The summed E-state index contributed by atoms with van der Waals surface area (Å²) in [5, 5.41) is 0. The van der Waals surface area contributed by atoms with Crippen LogP contribution in [0.25, 0.3) is 0 Å². The molecule has 0 bridgehead atoms. The third kappa shape index (κ3) is 3.88. The van der Waals surface area contributed by atoms with Crippen molar-refractivity contribution in [2.75, 3.05) is 0 Å². The molecular weight excluding hydrogens is 98.9 g/mol. The summed E-state index contributed by atoms with van der Waals surface area (Å²) in [5.74, 6) is 0. The quantitative estimate of drug-likeness (QED) is 0.436. The number of rotatable bonds is 1. The van der Waals surface area contributed by atoms with Crippen molar-refractivity contribution in [3.63, 3.8) is 0 Å². The summed E-state index contributed by atoms with van der Waals surface area (Å²) in [6.45, 7) is 1.77. The zero-order chi connectivity index (χ0) is 4.99. The van der Waals surface area contributed by atoms with Crippen LogP contribution < -0.4 is 0 Å². The van der Waals surface area contributed by atoms with E-state index in [0.717, 1.165) is 0 Å². The van der Waals surface area contributed by atoms with Gasteiger partial charge in [-0.1, -0.05) is 0 Å². The normalized spacial score (nSPS) is 6.83. The summed E-state index contributed by atoms with van der Waals surface area (Å²) in [5.41, 5.74) is 0. The molecule has 0 saturated heterocycles. The zero-order valence-electron chi connectivity index (χ0n) is 3.51. The molecular formula is C2H5BO2S. The fourth-order valence-electron chi connectivity index (χ4n) is 0.136. The van der Waals surface area contributed by atoms with Crippen molar-refractivity contribution in [3.05, 3.63) is 0 Å². The molecule has 0 unspecified atom stereocenters. The van der Waals surface area contributed by atoms with E-state index in [1.807, 2.05) is 0 Å².